The molecule has 88 valence electrons. The van der Waals surface area contributed by atoms with Crippen LogP contribution in [0, 0.1) is 5.92 Å². The molecular formula is C12H24N2O. The summed E-state index contributed by atoms with van der Waals surface area (Å²) in [6.45, 7) is 7.79. The van der Waals surface area contributed by atoms with Gasteiger partial charge in [-0.1, -0.05) is 6.92 Å². The summed E-state index contributed by atoms with van der Waals surface area (Å²) in [7, 11) is 0. The lowest BCUT2D eigenvalue weighted by atomic mass is 9.87. The Bertz CT molecular complexity index is 204. The average Bonchev–Trinajstić information content (AvgIpc) is 2.72. The highest BCUT2D eigenvalue weighted by Crippen LogP contribution is 2.24. The van der Waals surface area contributed by atoms with Crippen LogP contribution >= 0.6 is 0 Å². The first-order chi connectivity index (χ1) is 7.18. The van der Waals surface area contributed by atoms with Crippen molar-refractivity contribution >= 4 is 0 Å². The molecule has 0 aliphatic carbocycles. The lowest BCUT2D eigenvalue weighted by molar-refractivity contribution is 0.0278. The molecule has 4 atom stereocenters. The summed E-state index contributed by atoms with van der Waals surface area (Å²) >= 11 is 0. The molecular weight excluding hydrogens is 188 g/mol. The van der Waals surface area contributed by atoms with E-state index in [0.717, 1.165) is 26.1 Å². The van der Waals surface area contributed by atoms with E-state index < -0.39 is 0 Å². The topological polar surface area (TPSA) is 38.5 Å². The van der Waals surface area contributed by atoms with Gasteiger partial charge in [0.2, 0.25) is 0 Å². The first-order valence-corrected chi connectivity index (χ1v) is 6.29. The zero-order valence-electron chi connectivity index (χ0n) is 9.98. The van der Waals surface area contributed by atoms with Gasteiger partial charge in [-0.05, 0) is 32.1 Å². The van der Waals surface area contributed by atoms with E-state index in [1.54, 1.807) is 0 Å². The van der Waals surface area contributed by atoms with E-state index >= 15 is 0 Å². The van der Waals surface area contributed by atoms with E-state index in [2.05, 4.69) is 18.7 Å². The van der Waals surface area contributed by atoms with Crippen LogP contribution in [0.4, 0.5) is 0 Å². The van der Waals surface area contributed by atoms with Crippen LogP contribution in [0.3, 0.4) is 0 Å². The third-order valence-corrected chi connectivity index (χ3v) is 4.22. The second-order valence-corrected chi connectivity index (χ2v) is 5.18. The third kappa shape index (κ3) is 2.52. The molecule has 2 aliphatic rings. The highest BCUT2D eigenvalue weighted by atomic mass is 16.5. The smallest absolute Gasteiger partial charge is 0.0702 e. The van der Waals surface area contributed by atoms with Crippen molar-refractivity contribution in [1.82, 2.24) is 4.90 Å². The molecule has 0 spiro atoms. The molecule has 15 heavy (non-hydrogen) atoms. The van der Waals surface area contributed by atoms with Crippen LogP contribution in [-0.4, -0.2) is 42.8 Å². The van der Waals surface area contributed by atoms with Crippen LogP contribution in [0.15, 0.2) is 0 Å². The molecule has 2 fully saturated rings. The fourth-order valence-electron chi connectivity index (χ4n) is 2.78. The fraction of sp³-hybridized carbons (Fsp3) is 1.00. The molecule has 2 saturated heterocycles. The van der Waals surface area contributed by atoms with Gasteiger partial charge < -0.3 is 10.5 Å². The maximum absolute atomic E-state index is 6.08. The Morgan fingerprint density at radius 3 is 2.80 bits per heavy atom. The average molecular weight is 212 g/mol. The summed E-state index contributed by atoms with van der Waals surface area (Å²) in [6, 6.07) is 0.999. The highest BCUT2D eigenvalue weighted by Gasteiger charge is 2.32. The zero-order valence-corrected chi connectivity index (χ0v) is 9.98. The van der Waals surface area contributed by atoms with Crippen molar-refractivity contribution in [2.75, 3.05) is 19.7 Å². The van der Waals surface area contributed by atoms with Gasteiger partial charge in [0.05, 0.1) is 6.10 Å². The van der Waals surface area contributed by atoms with Crippen molar-refractivity contribution in [3.8, 4) is 0 Å². The highest BCUT2D eigenvalue weighted by molar-refractivity contribution is 4.88. The van der Waals surface area contributed by atoms with E-state index in [1.165, 1.54) is 12.8 Å². The number of nitrogens with zero attached hydrogens (tertiary/aromatic N) is 1. The first-order valence-electron chi connectivity index (χ1n) is 6.29. The van der Waals surface area contributed by atoms with Crippen molar-refractivity contribution in [1.29, 1.82) is 0 Å². The minimum atomic E-state index is 0.390. The summed E-state index contributed by atoms with van der Waals surface area (Å²) in [5.41, 5.74) is 6.08. The second-order valence-electron chi connectivity index (χ2n) is 5.18. The SMILES string of the molecule is CC1C(N)CCN(CC2CCCO2)C1C. The summed E-state index contributed by atoms with van der Waals surface area (Å²) in [6.07, 6.45) is 4.10. The summed E-state index contributed by atoms with van der Waals surface area (Å²) in [5, 5.41) is 0. The molecule has 2 rings (SSSR count). The number of rotatable bonds is 2. The predicted molar refractivity (Wildman–Crippen MR) is 61.8 cm³/mol. The number of likely N-dealkylation sites (tertiary alicyclic amines) is 1. The Hall–Kier alpha value is -0.120. The summed E-state index contributed by atoms with van der Waals surface area (Å²) in [4.78, 5) is 2.56. The Balaban J connectivity index is 1.86. The van der Waals surface area contributed by atoms with Gasteiger partial charge in [-0.3, -0.25) is 4.90 Å². The van der Waals surface area contributed by atoms with Crippen molar-refractivity contribution in [2.24, 2.45) is 11.7 Å². The second kappa shape index (κ2) is 4.81. The Labute approximate surface area is 93.0 Å². The van der Waals surface area contributed by atoms with Gasteiger partial charge in [0.25, 0.3) is 0 Å². The predicted octanol–water partition coefficient (Wildman–Crippen LogP) is 1.22. The maximum atomic E-state index is 6.08. The maximum Gasteiger partial charge on any atom is 0.0702 e. The van der Waals surface area contributed by atoms with Crippen molar-refractivity contribution in [2.45, 2.75) is 51.3 Å². The lowest BCUT2D eigenvalue weighted by Crippen LogP contribution is -2.53. The number of ether oxygens (including phenoxy) is 1. The van der Waals surface area contributed by atoms with Gasteiger partial charge in [-0.25, -0.2) is 0 Å². The number of hydrogen-bond donors (Lipinski definition) is 1. The van der Waals surface area contributed by atoms with E-state index in [0.29, 0.717) is 24.1 Å². The van der Waals surface area contributed by atoms with E-state index in [4.69, 9.17) is 10.5 Å². The van der Waals surface area contributed by atoms with Crippen molar-refractivity contribution in [3.05, 3.63) is 0 Å². The van der Waals surface area contributed by atoms with Gasteiger partial charge in [0.15, 0.2) is 0 Å². The van der Waals surface area contributed by atoms with Gasteiger partial charge in [0.1, 0.15) is 0 Å². The summed E-state index contributed by atoms with van der Waals surface area (Å²) in [5.74, 6) is 0.611. The van der Waals surface area contributed by atoms with E-state index in [-0.39, 0.29) is 0 Å². The van der Waals surface area contributed by atoms with Crippen LogP contribution in [-0.2, 0) is 4.74 Å². The van der Waals surface area contributed by atoms with Crippen molar-refractivity contribution < 1.29 is 4.74 Å². The van der Waals surface area contributed by atoms with E-state index in [1.807, 2.05) is 0 Å². The first kappa shape index (κ1) is 11.4. The standard InChI is InChI=1S/C12H24N2O/c1-9-10(2)14(6-5-12(9)13)8-11-4-3-7-15-11/h9-12H,3-8,13H2,1-2H3. The van der Waals surface area contributed by atoms with Crippen LogP contribution in [0.25, 0.3) is 0 Å². The molecule has 0 aromatic rings. The third-order valence-electron chi connectivity index (χ3n) is 4.22. The van der Waals surface area contributed by atoms with E-state index in [9.17, 15) is 0 Å². The minimum Gasteiger partial charge on any atom is -0.377 e. The van der Waals surface area contributed by atoms with Crippen molar-refractivity contribution in [3.63, 3.8) is 0 Å². The quantitative estimate of drug-likeness (QED) is 0.748. The molecule has 0 amide bonds. The number of piperidine rings is 1. The molecule has 4 unspecified atom stereocenters. The molecule has 0 saturated carbocycles. The molecule has 0 aromatic carbocycles. The molecule has 2 heterocycles. The van der Waals surface area contributed by atoms with Crippen LogP contribution in [0.5, 0.6) is 0 Å². The Morgan fingerprint density at radius 1 is 1.33 bits per heavy atom. The summed E-state index contributed by atoms with van der Waals surface area (Å²) < 4.78 is 5.69. The Morgan fingerprint density at radius 2 is 2.13 bits per heavy atom. The zero-order chi connectivity index (χ0) is 10.8. The molecule has 3 nitrogen and oxygen atoms in total. The Kier molecular flexibility index (Phi) is 3.65. The van der Waals surface area contributed by atoms with Gasteiger partial charge in [-0.15, -0.1) is 0 Å². The normalized spacial score (nSPS) is 43.4. The molecule has 0 bridgehead atoms. The van der Waals surface area contributed by atoms with Crippen LogP contribution in [0.2, 0.25) is 0 Å². The fourth-order valence-corrected chi connectivity index (χ4v) is 2.78. The lowest BCUT2D eigenvalue weighted by Gasteiger charge is -2.42. The molecule has 0 radical (unpaired) electrons. The molecule has 2 aliphatic heterocycles. The van der Waals surface area contributed by atoms with Crippen LogP contribution in [0.1, 0.15) is 33.1 Å². The number of nitrogens with two attached hydrogens (primary N) is 1. The monoisotopic (exact) mass is 212 g/mol. The van der Waals surface area contributed by atoms with Gasteiger partial charge in [-0.2, -0.15) is 0 Å². The molecule has 3 heteroatoms. The minimum absolute atomic E-state index is 0.390. The van der Waals surface area contributed by atoms with Gasteiger partial charge >= 0.3 is 0 Å². The van der Waals surface area contributed by atoms with Gasteiger partial charge in [0, 0.05) is 31.8 Å². The number of hydrogen-bond acceptors (Lipinski definition) is 3. The molecule has 0 aromatic heterocycles. The molecule has 2 N–H and O–H groups in total. The van der Waals surface area contributed by atoms with Crippen LogP contribution < -0.4 is 5.73 Å². The largest absolute Gasteiger partial charge is 0.377 e.